The molecular formula is C26H30FNO6S. The number of halogens is 1. The molecule has 2 aromatic rings. The van der Waals surface area contributed by atoms with Gasteiger partial charge in [-0.15, -0.1) is 0 Å². The molecule has 35 heavy (non-hydrogen) atoms. The van der Waals surface area contributed by atoms with Gasteiger partial charge in [0.1, 0.15) is 11.9 Å². The second kappa shape index (κ2) is 12.6. The summed E-state index contributed by atoms with van der Waals surface area (Å²) in [6.45, 7) is 0. The second-order valence-electron chi connectivity index (χ2n) is 8.41. The zero-order valence-corrected chi connectivity index (χ0v) is 20.4. The highest BCUT2D eigenvalue weighted by Crippen LogP contribution is 2.33. The quantitative estimate of drug-likeness (QED) is 0.277. The first kappa shape index (κ1) is 26.6. The smallest absolute Gasteiger partial charge is 0.338 e. The maximum absolute atomic E-state index is 13.2. The summed E-state index contributed by atoms with van der Waals surface area (Å²) < 4.78 is 52.2. The van der Waals surface area contributed by atoms with Crippen LogP contribution in [-0.4, -0.2) is 39.6 Å². The summed E-state index contributed by atoms with van der Waals surface area (Å²) in [4.78, 5) is 23.9. The summed E-state index contributed by atoms with van der Waals surface area (Å²) in [6, 6.07) is 12.8. The van der Waals surface area contributed by atoms with E-state index in [2.05, 4.69) is 9.46 Å². The van der Waals surface area contributed by atoms with Crippen LogP contribution in [0.5, 0.6) is 0 Å². The molecule has 0 heterocycles. The van der Waals surface area contributed by atoms with E-state index in [1.165, 1.54) is 19.2 Å². The molecule has 9 heteroatoms. The fraction of sp³-hybridized carbons (Fsp3) is 0.385. The maximum atomic E-state index is 13.2. The number of methoxy groups -OCH3 is 1. The average Bonchev–Trinajstić information content (AvgIpc) is 3.21. The topological polar surface area (TPSA) is 98.8 Å². The fourth-order valence-electron chi connectivity index (χ4n) is 4.14. The van der Waals surface area contributed by atoms with Gasteiger partial charge in [0.15, 0.2) is 0 Å². The lowest BCUT2D eigenvalue weighted by molar-refractivity contribution is -0.140. The molecule has 0 aromatic heterocycles. The third-order valence-electron chi connectivity index (χ3n) is 6.01. The van der Waals surface area contributed by atoms with Crippen LogP contribution in [0.2, 0.25) is 0 Å². The van der Waals surface area contributed by atoms with E-state index >= 15 is 0 Å². The minimum atomic E-state index is -3.88. The summed E-state index contributed by atoms with van der Waals surface area (Å²) in [7, 11) is -2.53. The Balaban J connectivity index is 1.69. The summed E-state index contributed by atoms with van der Waals surface area (Å²) >= 11 is 0. The lowest BCUT2D eigenvalue weighted by atomic mass is 9.97. The number of sulfonamides is 1. The van der Waals surface area contributed by atoms with Crippen molar-refractivity contribution < 1.29 is 31.9 Å². The van der Waals surface area contributed by atoms with E-state index in [0.717, 1.165) is 12.1 Å². The predicted octanol–water partition coefficient (Wildman–Crippen LogP) is 4.40. The number of nitrogens with one attached hydrogen (secondary N) is 1. The molecule has 1 N–H and O–H groups in total. The number of esters is 2. The van der Waals surface area contributed by atoms with Crippen LogP contribution in [0, 0.1) is 11.7 Å². The first-order valence-corrected chi connectivity index (χ1v) is 13.0. The van der Waals surface area contributed by atoms with Crippen molar-refractivity contribution in [2.45, 2.75) is 55.6 Å². The summed E-state index contributed by atoms with van der Waals surface area (Å²) in [5, 5.41) is 0. The molecule has 188 valence electrons. The molecule has 1 fully saturated rings. The first-order chi connectivity index (χ1) is 16.8. The van der Waals surface area contributed by atoms with E-state index in [9.17, 15) is 22.4 Å². The van der Waals surface area contributed by atoms with Crippen molar-refractivity contribution in [1.29, 1.82) is 0 Å². The molecule has 2 aromatic carbocycles. The molecule has 3 atom stereocenters. The fourth-order valence-corrected chi connectivity index (χ4v) is 5.46. The lowest BCUT2D eigenvalue weighted by Crippen LogP contribution is -2.40. The van der Waals surface area contributed by atoms with Crippen LogP contribution >= 0.6 is 0 Å². The molecule has 0 amide bonds. The van der Waals surface area contributed by atoms with E-state index in [1.54, 1.807) is 30.3 Å². The number of unbranched alkanes of at least 4 members (excludes halogenated alkanes) is 1. The van der Waals surface area contributed by atoms with Gasteiger partial charge in [-0.1, -0.05) is 30.4 Å². The SMILES string of the molecule is COC(=O)CCC/C=C\C[C@@H]1[C@@H](NS(=O)(=O)c2ccc(F)cc2)CC[C@@H]1OC(=O)c1ccccc1. The van der Waals surface area contributed by atoms with Gasteiger partial charge in [-0.05, 0) is 68.5 Å². The predicted molar refractivity (Wildman–Crippen MR) is 129 cm³/mol. The van der Waals surface area contributed by atoms with Crippen molar-refractivity contribution >= 4 is 22.0 Å². The first-order valence-electron chi connectivity index (χ1n) is 11.6. The number of hydrogen-bond acceptors (Lipinski definition) is 6. The largest absolute Gasteiger partial charge is 0.469 e. The highest BCUT2D eigenvalue weighted by Gasteiger charge is 2.40. The molecule has 0 radical (unpaired) electrons. The Morgan fingerprint density at radius 1 is 1.06 bits per heavy atom. The number of rotatable bonds is 11. The molecule has 0 bridgehead atoms. The molecular weight excluding hydrogens is 473 g/mol. The number of carbonyl (C=O) groups is 2. The van der Waals surface area contributed by atoms with Crippen molar-refractivity contribution in [3.63, 3.8) is 0 Å². The highest BCUT2D eigenvalue weighted by molar-refractivity contribution is 7.89. The zero-order valence-electron chi connectivity index (χ0n) is 19.6. The number of hydrogen-bond donors (Lipinski definition) is 1. The second-order valence-corrected chi connectivity index (χ2v) is 10.1. The zero-order chi connectivity index (χ0) is 25.3. The molecule has 1 aliphatic carbocycles. The van der Waals surface area contributed by atoms with Crippen LogP contribution < -0.4 is 4.72 Å². The highest BCUT2D eigenvalue weighted by atomic mass is 32.2. The molecule has 0 aliphatic heterocycles. The summed E-state index contributed by atoms with van der Waals surface area (Å²) in [5.41, 5.74) is 0.431. The Hall–Kier alpha value is -3.04. The molecule has 1 aliphatic rings. The average molecular weight is 504 g/mol. The molecule has 0 unspecified atom stereocenters. The van der Waals surface area contributed by atoms with E-state index in [0.29, 0.717) is 44.1 Å². The normalized spacial score (nSPS) is 20.1. The van der Waals surface area contributed by atoms with Gasteiger partial charge in [-0.3, -0.25) is 4.79 Å². The molecule has 0 saturated heterocycles. The van der Waals surface area contributed by atoms with Crippen LogP contribution in [0.4, 0.5) is 4.39 Å². The monoisotopic (exact) mass is 503 g/mol. The molecule has 7 nitrogen and oxygen atoms in total. The van der Waals surface area contributed by atoms with Crippen LogP contribution in [0.3, 0.4) is 0 Å². The minimum absolute atomic E-state index is 0.0271. The van der Waals surface area contributed by atoms with Gasteiger partial charge in [0.25, 0.3) is 0 Å². The van der Waals surface area contributed by atoms with E-state index in [-0.39, 0.29) is 16.8 Å². The number of benzene rings is 2. The van der Waals surface area contributed by atoms with Gasteiger partial charge in [0.2, 0.25) is 10.0 Å². The summed E-state index contributed by atoms with van der Waals surface area (Å²) in [6.07, 6.45) is 6.51. The number of ether oxygens (including phenoxy) is 2. The minimum Gasteiger partial charge on any atom is -0.469 e. The van der Waals surface area contributed by atoms with Gasteiger partial charge in [-0.2, -0.15) is 0 Å². The lowest BCUT2D eigenvalue weighted by Gasteiger charge is -2.24. The van der Waals surface area contributed by atoms with Crippen molar-refractivity contribution in [1.82, 2.24) is 4.72 Å². The number of carbonyl (C=O) groups excluding carboxylic acids is 2. The van der Waals surface area contributed by atoms with Crippen molar-refractivity contribution in [2.75, 3.05) is 7.11 Å². The molecule has 0 spiro atoms. The van der Waals surface area contributed by atoms with Crippen LogP contribution in [0.25, 0.3) is 0 Å². The van der Waals surface area contributed by atoms with Gasteiger partial charge in [0.05, 0.1) is 17.6 Å². The molecule has 3 rings (SSSR count). The Kier molecular flexibility index (Phi) is 9.56. The van der Waals surface area contributed by atoms with Gasteiger partial charge < -0.3 is 9.47 Å². The standard InChI is InChI=1S/C26H30FNO6S/c1-33-25(29)12-8-3-2-7-11-22-23(28-35(31,32)21-15-13-20(27)14-16-21)17-18-24(22)34-26(30)19-9-5-4-6-10-19/h2,4-7,9-10,13-16,22-24,28H,3,8,11-12,17-18H2,1H3/b7-2-/t22-,23+,24+/m1/s1. The van der Waals surface area contributed by atoms with E-state index < -0.39 is 34.0 Å². The third kappa shape index (κ3) is 7.73. The van der Waals surface area contributed by atoms with Crippen LogP contribution in [-0.2, 0) is 24.3 Å². The van der Waals surface area contributed by atoms with E-state index in [4.69, 9.17) is 4.74 Å². The van der Waals surface area contributed by atoms with Gasteiger partial charge in [-0.25, -0.2) is 22.3 Å². The van der Waals surface area contributed by atoms with Crippen LogP contribution in [0.1, 0.15) is 48.9 Å². The third-order valence-corrected chi connectivity index (χ3v) is 7.52. The number of allylic oxidation sites excluding steroid dienone is 2. The van der Waals surface area contributed by atoms with Crippen LogP contribution in [0.15, 0.2) is 71.6 Å². The van der Waals surface area contributed by atoms with Crippen molar-refractivity contribution in [3.05, 3.63) is 78.1 Å². The summed E-state index contributed by atoms with van der Waals surface area (Å²) in [5.74, 6) is -1.52. The Labute approximate surface area is 205 Å². The van der Waals surface area contributed by atoms with Gasteiger partial charge in [0, 0.05) is 18.4 Å². The van der Waals surface area contributed by atoms with E-state index in [1.807, 2.05) is 12.2 Å². The maximum Gasteiger partial charge on any atom is 0.338 e. The molecule has 1 saturated carbocycles. The van der Waals surface area contributed by atoms with Crippen molar-refractivity contribution in [2.24, 2.45) is 5.92 Å². The Morgan fingerprint density at radius 3 is 2.46 bits per heavy atom. The van der Waals surface area contributed by atoms with Crippen molar-refractivity contribution in [3.8, 4) is 0 Å². The Bertz CT molecular complexity index is 1120. The van der Waals surface area contributed by atoms with Gasteiger partial charge >= 0.3 is 11.9 Å². The Morgan fingerprint density at radius 2 is 1.77 bits per heavy atom.